The van der Waals surface area contributed by atoms with Gasteiger partial charge in [-0.25, -0.2) is 28.6 Å². The van der Waals surface area contributed by atoms with Crippen molar-refractivity contribution < 1.29 is 85.3 Å². The van der Waals surface area contributed by atoms with Crippen LogP contribution in [0, 0.1) is 11.3 Å². The van der Waals surface area contributed by atoms with Crippen molar-refractivity contribution in [3.63, 3.8) is 0 Å². The second-order valence-electron chi connectivity index (χ2n) is 15.0. The highest BCUT2D eigenvalue weighted by atomic mass is 32.2. The average molecular weight is 950 g/mol. The summed E-state index contributed by atoms with van der Waals surface area (Å²) in [6, 6.07) is 0. The van der Waals surface area contributed by atoms with E-state index in [2.05, 4.69) is 48.3 Å². The fourth-order valence-corrected chi connectivity index (χ4v) is 9.17. The number of hydrogen-bond donors (Lipinski definition) is 9. The van der Waals surface area contributed by atoms with Crippen molar-refractivity contribution >= 4 is 74.9 Å². The van der Waals surface area contributed by atoms with Gasteiger partial charge in [0.15, 0.2) is 22.8 Å². The van der Waals surface area contributed by atoms with Gasteiger partial charge in [0.25, 0.3) is 0 Å². The molecule has 0 bridgehead atoms. The van der Waals surface area contributed by atoms with Gasteiger partial charge in [-0.05, 0) is 12.3 Å². The molecule has 61 heavy (non-hydrogen) atoms. The van der Waals surface area contributed by atoms with E-state index in [0.29, 0.717) is 12.3 Å². The van der Waals surface area contributed by atoms with Crippen molar-refractivity contribution in [1.29, 1.82) is 0 Å². The number of Topliss-reactive ketones (excluding diaryl/α,β-unsaturated/α-hetero) is 1. The second kappa shape index (κ2) is 23.2. The van der Waals surface area contributed by atoms with Gasteiger partial charge in [0.05, 0.1) is 26.0 Å². The zero-order chi connectivity index (χ0) is 45.8. The van der Waals surface area contributed by atoms with Crippen molar-refractivity contribution in [3.8, 4) is 0 Å². The topological polar surface area (TPSA) is 381 Å². The number of nitrogen functional groups attached to an aromatic ring is 1. The quantitative estimate of drug-likeness (QED) is 0.0345. The third-order valence-corrected chi connectivity index (χ3v) is 12.8. The number of nitrogens with zero attached hydrogens (tertiary/aromatic N) is 4. The Morgan fingerprint density at radius 1 is 0.984 bits per heavy atom. The molecule has 25 nitrogen and oxygen atoms in total. The Balaban J connectivity index is 1.41. The number of phosphoric ester groups is 3. The smallest absolute Gasteiger partial charge is 0.386 e. The summed E-state index contributed by atoms with van der Waals surface area (Å²) in [5, 5.41) is 26.1. The van der Waals surface area contributed by atoms with Gasteiger partial charge in [0.2, 0.25) is 11.8 Å². The largest absolute Gasteiger partial charge is 0.481 e. The molecule has 2 unspecified atom stereocenters. The summed E-state index contributed by atoms with van der Waals surface area (Å²) in [6.07, 6.45) is -3.04. The van der Waals surface area contributed by atoms with E-state index in [1.54, 1.807) is 0 Å². The highest BCUT2D eigenvalue weighted by Crippen LogP contribution is 2.61. The molecular formula is C32H54N7O18P3S. The predicted octanol–water partition coefficient (Wildman–Crippen LogP) is 1.23. The SMILES string of the molecule is CC(C)CCCCCC(=O)CC(=O)SCCNC(=O)CCNC(=O)[C@@H](O)C(C)(C)COP(=O)(O)OP(=O)(O)OC[C@@H]1O[C@H](n2cnc3c(N)ncnc32)[C@@H](O)[C@H]1OP(=O)(O)O. The molecule has 1 saturated heterocycles. The number of hydrogen-bond acceptors (Lipinski definition) is 19. The van der Waals surface area contributed by atoms with Crippen LogP contribution in [0.4, 0.5) is 5.82 Å². The summed E-state index contributed by atoms with van der Waals surface area (Å²) < 4.78 is 62.2. The van der Waals surface area contributed by atoms with Crippen molar-refractivity contribution in [1.82, 2.24) is 30.2 Å². The summed E-state index contributed by atoms with van der Waals surface area (Å²) in [5.41, 5.74) is 4.23. The molecule has 1 aliphatic heterocycles. The molecule has 1 aliphatic rings. The number of nitrogens with one attached hydrogen (secondary N) is 2. The first-order valence-electron chi connectivity index (χ1n) is 18.9. The number of ketones is 1. The minimum absolute atomic E-state index is 0.0252. The fraction of sp³-hybridized carbons (Fsp3) is 0.719. The first kappa shape index (κ1) is 52.6. The summed E-state index contributed by atoms with van der Waals surface area (Å²) in [5.74, 6) is -0.816. The number of aliphatic hydroxyl groups is 2. The molecule has 0 saturated carbocycles. The lowest BCUT2D eigenvalue weighted by Crippen LogP contribution is -2.46. The molecule has 10 N–H and O–H groups in total. The minimum Gasteiger partial charge on any atom is -0.386 e. The number of nitrogens with two attached hydrogens (primary N) is 1. The lowest BCUT2D eigenvalue weighted by atomic mass is 9.87. The fourth-order valence-electron chi connectivity index (χ4n) is 5.65. The molecule has 2 amide bonds. The van der Waals surface area contributed by atoms with Crippen LogP contribution in [0.15, 0.2) is 12.7 Å². The number of carbonyl (C=O) groups is 4. The Kier molecular flexibility index (Phi) is 20.0. The van der Waals surface area contributed by atoms with E-state index in [4.69, 9.17) is 19.5 Å². The predicted molar refractivity (Wildman–Crippen MR) is 215 cm³/mol. The van der Waals surface area contributed by atoms with Crippen molar-refractivity contribution in [2.75, 3.05) is 37.8 Å². The molecule has 29 heteroatoms. The van der Waals surface area contributed by atoms with Gasteiger partial charge in [-0.15, -0.1) is 0 Å². The molecule has 2 aromatic rings. The third-order valence-electron chi connectivity index (χ3n) is 8.84. The number of unbranched alkanes of at least 4 members (excludes halogenated alkanes) is 2. The lowest BCUT2D eigenvalue weighted by molar-refractivity contribution is -0.137. The van der Waals surface area contributed by atoms with Gasteiger partial charge in [-0.2, -0.15) is 4.31 Å². The van der Waals surface area contributed by atoms with Crippen LogP contribution < -0.4 is 16.4 Å². The Morgan fingerprint density at radius 2 is 1.67 bits per heavy atom. The maximum Gasteiger partial charge on any atom is 0.481 e. The summed E-state index contributed by atoms with van der Waals surface area (Å²) in [6.45, 7) is 4.60. The number of aliphatic hydroxyl groups excluding tert-OH is 2. The van der Waals surface area contributed by atoms with E-state index in [-0.39, 0.29) is 59.6 Å². The molecule has 3 heterocycles. The van der Waals surface area contributed by atoms with E-state index in [0.717, 1.165) is 54.7 Å². The number of aromatic nitrogens is 4. The van der Waals surface area contributed by atoms with Crippen LogP contribution >= 0.6 is 35.2 Å². The minimum atomic E-state index is -5.59. The monoisotopic (exact) mass is 949 g/mol. The number of amides is 2. The zero-order valence-corrected chi connectivity index (χ0v) is 37.3. The third kappa shape index (κ3) is 17.7. The Labute approximate surface area is 354 Å². The van der Waals surface area contributed by atoms with Gasteiger partial charge in [0.1, 0.15) is 42.0 Å². The summed E-state index contributed by atoms with van der Waals surface area (Å²) >= 11 is 0.925. The van der Waals surface area contributed by atoms with Crippen molar-refractivity contribution in [3.05, 3.63) is 12.7 Å². The number of fused-ring (bicyclic) bond motifs is 1. The normalized spacial score (nSPS) is 20.9. The Hall–Kier alpha value is -2.77. The maximum absolute atomic E-state index is 12.7. The van der Waals surface area contributed by atoms with Crippen LogP contribution in [0.2, 0.25) is 0 Å². The van der Waals surface area contributed by atoms with E-state index in [1.165, 1.54) is 13.8 Å². The van der Waals surface area contributed by atoms with Gasteiger partial charge in [-0.3, -0.25) is 37.3 Å². The number of ether oxygens (including phenoxy) is 1. The van der Waals surface area contributed by atoms with Crippen LogP contribution in [0.25, 0.3) is 11.2 Å². The van der Waals surface area contributed by atoms with Gasteiger partial charge in [-0.1, -0.05) is 58.7 Å². The van der Waals surface area contributed by atoms with Gasteiger partial charge in [0, 0.05) is 37.1 Å². The maximum atomic E-state index is 12.7. The number of rotatable bonds is 27. The molecule has 2 aromatic heterocycles. The molecular weight excluding hydrogens is 895 g/mol. The van der Waals surface area contributed by atoms with E-state index < -0.39 is 84.6 Å². The highest BCUT2D eigenvalue weighted by molar-refractivity contribution is 8.13. The first-order valence-corrected chi connectivity index (χ1v) is 24.4. The van der Waals surface area contributed by atoms with E-state index >= 15 is 0 Å². The van der Waals surface area contributed by atoms with Crippen molar-refractivity contribution in [2.45, 2.75) is 103 Å². The van der Waals surface area contributed by atoms with Crippen LogP contribution in [0.5, 0.6) is 0 Å². The van der Waals surface area contributed by atoms with Gasteiger partial charge >= 0.3 is 23.5 Å². The molecule has 0 spiro atoms. The van der Waals surface area contributed by atoms with Crippen LogP contribution in [-0.4, -0.2) is 128 Å². The number of anilines is 1. The number of carbonyl (C=O) groups excluding carboxylic acids is 4. The molecule has 0 aromatic carbocycles. The summed E-state index contributed by atoms with van der Waals surface area (Å²) in [7, 11) is -16.4. The van der Waals surface area contributed by atoms with Crippen molar-refractivity contribution in [2.24, 2.45) is 11.3 Å². The van der Waals surface area contributed by atoms with Crippen LogP contribution in [0.3, 0.4) is 0 Å². The Morgan fingerprint density at radius 3 is 2.34 bits per heavy atom. The molecule has 3 rings (SSSR count). The molecule has 0 aliphatic carbocycles. The highest BCUT2D eigenvalue weighted by Gasteiger charge is 2.50. The standard InChI is InChI=1S/C32H54N7O18P3S/c1-19(2)8-6-5-7-9-20(40)14-23(42)61-13-12-34-22(41)10-11-35-30(45)27(44)32(3,4)16-54-60(51,52)57-59(49,50)53-15-21-26(56-58(46,47)48)25(43)31(55-21)39-18-38-24-28(33)36-17-37-29(24)39/h17-19,21,25-27,31,43-44H,5-16H2,1-4H3,(H,34,41)(H,35,45)(H,49,50)(H,51,52)(H2,33,36,37)(H2,46,47,48)/t21-,25-,26-,27+,31-/m0/s1. The Bertz CT molecular complexity index is 1970. The van der Waals surface area contributed by atoms with Gasteiger partial charge < -0.3 is 50.9 Å². The van der Waals surface area contributed by atoms with Crippen LogP contribution in [0.1, 0.15) is 78.9 Å². The molecule has 346 valence electrons. The number of imidazole rings is 1. The van der Waals surface area contributed by atoms with E-state index in [9.17, 15) is 62.7 Å². The number of thioether (sulfide) groups is 1. The molecule has 1 fully saturated rings. The van der Waals surface area contributed by atoms with Crippen LogP contribution in [-0.2, 0) is 55.5 Å². The zero-order valence-electron chi connectivity index (χ0n) is 33.8. The molecule has 7 atom stereocenters. The first-order chi connectivity index (χ1) is 28.3. The number of phosphoric acid groups is 3. The second-order valence-corrected chi connectivity index (χ2v) is 20.4. The average Bonchev–Trinajstić information content (AvgIpc) is 3.71. The molecule has 0 radical (unpaired) electrons. The summed E-state index contributed by atoms with van der Waals surface area (Å²) in [4.78, 5) is 99.9. The lowest BCUT2D eigenvalue weighted by Gasteiger charge is -2.30. The van der Waals surface area contributed by atoms with E-state index in [1.807, 2.05) is 0 Å².